The standard InChI is InChI=1S/C48H55FIN3O13/c1-20-11-10-12-21(2)47(61)52-38-42(59)34-33(37-45(38)65-32-18-27(17-30(55)36(32)51-37)53-15-13-29(50)28(49)19-53)35-44(25(6)41(34)58)66-48(8,46(35)60)63-16-14-31(62-9)22(3)43(64-26(7)54)24(5)40(57)23(4)39(20)56/h10-12,14,16-18,20,22-24,28-29,31,39-40,43,55-58H,13,15,19H2,1-9H3,(H,52,61)/b11-10+,16-14+,21-12-/t20-,22+,23+,24+,28?,29?,31-,39-,40+,43+,48-/m0/s1. The molecule has 1 aliphatic carbocycles. The van der Waals surface area contributed by atoms with E-state index in [0.717, 1.165) is 0 Å². The summed E-state index contributed by atoms with van der Waals surface area (Å²) in [6.07, 6.45) is 2.70. The highest BCUT2D eigenvalue weighted by molar-refractivity contribution is 14.1. The van der Waals surface area contributed by atoms with E-state index in [0.29, 0.717) is 18.7 Å². The van der Waals surface area contributed by atoms with E-state index >= 15 is 0 Å². The summed E-state index contributed by atoms with van der Waals surface area (Å²) in [6, 6.07) is 2.95. The number of hydrogen-bond acceptors (Lipinski definition) is 15. The van der Waals surface area contributed by atoms with Gasteiger partial charge in [0.2, 0.25) is 5.43 Å². The number of anilines is 2. The largest absolute Gasteiger partial charge is 0.507 e. The molecule has 5 aliphatic rings. The molecule has 5 N–H and O–H groups in total. The molecule has 2 unspecified atom stereocenters. The number of methoxy groups -OCH3 is 1. The Balaban J connectivity index is 1.45. The molecule has 1 fully saturated rings. The zero-order chi connectivity index (χ0) is 48.3. The molecule has 1 amide bonds. The minimum Gasteiger partial charge on any atom is -0.507 e. The van der Waals surface area contributed by atoms with Gasteiger partial charge in [0.25, 0.3) is 11.7 Å². The summed E-state index contributed by atoms with van der Waals surface area (Å²) in [4.78, 5) is 62.5. The summed E-state index contributed by atoms with van der Waals surface area (Å²) >= 11 is 2.08. The lowest BCUT2D eigenvalue weighted by Crippen LogP contribution is -2.46. The molecular formula is C48H55FIN3O13. The highest BCUT2D eigenvalue weighted by Crippen LogP contribution is 2.51. The van der Waals surface area contributed by atoms with E-state index in [4.69, 9.17) is 28.3 Å². The van der Waals surface area contributed by atoms with Crippen LogP contribution in [0.4, 0.5) is 15.8 Å². The van der Waals surface area contributed by atoms with E-state index in [1.807, 2.05) is 0 Å². The molecular weight excluding hydrogens is 972 g/mol. The molecule has 4 bridgehead atoms. The van der Waals surface area contributed by atoms with Gasteiger partial charge in [-0.05, 0) is 26.3 Å². The van der Waals surface area contributed by atoms with Crippen LogP contribution >= 0.6 is 22.6 Å². The second-order valence-corrected chi connectivity index (χ2v) is 19.4. The van der Waals surface area contributed by atoms with Gasteiger partial charge in [-0.3, -0.25) is 19.2 Å². The fraction of sp³-hybridized carbons (Fsp3) is 0.479. The number of hydrogen-bond donors (Lipinski definition) is 5. The number of aromatic nitrogens is 1. The van der Waals surface area contributed by atoms with Crippen molar-refractivity contribution >= 4 is 73.5 Å². The van der Waals surface area contributed by atoms with Crippen molar-refractivity contribution in [2.45, 2.75) is 102 Å². The third-order valence-corrected chi connectivity index (χ3v) is 14.6. The first-order valence-corrected chi connectivity index (χ1v) is 23.0. The fourth-order valence-corrected chi connectivity index (χ4v) is 9.68. The number of benzene rings is 3. The number of aliphatic hydroxyl groups is 2. The Kier molecular flexibility index (Phi) is 13.8. The van der Waals surface area contributed by atoms with Gasteiger partial charge in [0.15, 0.2) is 11.3 Å². The van der Waals surface area contributed by atoms with Crippen molar-refractivity contribution in [3.8, 4) is 28.7 Å². The summed E-state index contributed by atoms with van der Waals surface area (Å²) in [7, 11) is 1.42. The Morgan fingerprint density at radius 1 is 1.03 bits per heavy atom. The third kappa shape index (κ3) is 8.72. The Labute approximate surface area is 393 Å². The molecule has 4 aliphatic heterocycles. The van der Waals surface area contributed by atoms with Gasteiger partial charge >= 0.3 is 11.8 Å². The minimum atomic E-state index is -2.11. The number of carbonyl (C=O) groups is 3. The molecule has 11 atom stereocenters. The topological polar surface area (TPSA) is 227 Å². The maximum atomic E-state index is 14.9. The van der Waals surface area contributed by atoms with E-state index in [1.54, 1.807) is 44.7 Å². The van der Waals surface area contributed by atoms with Crippen molar-refractivity contribution in [2.24, 2.45) is 23.7 Å². The van der Waals surface area contributed by atoms with Crippen LogP contribution in [0.25, 0.3) is 33.3 Å². The molecule has 4 heterocycles. The second kappa shape index (κ2) is 18.8. The zero-order valence-electron chi connectivity index (χ0n) is 38.0. The van der Waals surface area contributed by atoms with Crippen LogP contribution in [0.2, 0.25) is 0 Å². The number of halogens is 2. The third-order valence-electron chi connectivity index (χ3n) is 13.2. The Morgan fingerprint density at radius 3 is 2.41 bits per heavy atom. The number of allylic oxidation sites excluding steroid dienone is 2. The van der Waals surface area contributed by atoms with Crippen molar-refractivity contribution in [3.63, 3.8) is 0 Å². The van der Waals surface area contributed by atoms with Crippen LogP contribution < -0.4 is 20.4 Å². The number of esters is 1. The molecule has 0 spiro atoms. The molecule has 0 aromatic heterocycles. The molecule has 16 nitrogen and oxygen atoms in total. The van der Waals surface area contributed by atoms with Crippen molar-refractivity contribution in [1.82, 2.24) is 4.98 Å². The summed E-state index contributed by atoms with van der Waals surface area (Å²) < 4.78 is 44.9. The number of alkyl halides is 2. The summed E-state index contributed by atoms with van der Waals surface area (Å²) in [5, 5.41) is 48.3. The number of nitrogens with zero attached hydrogens (tertiary/aromatic N) is 2. The first-order chi connectivity index (χ1) is 31.1. The number of Topliss-reactive ketones (excluding diaryl/α,β-unsaturated/α-hetero) is 1. The quantitative estimate of drug-likeness (QED) is 0.0458. The van der Waals surface area contributed by atoms with Crippen LogP contribution in [-0.2, 0) is 23.8 Å². The summed E-state index contributed by atoms with van der Waals surface area (Å²) in [5.41, 5.74) is -1.35. The van der Waals surface area contributed by atoms with Gasteiger partial charge in [-0.25, -0.2) is 9.37 Å². The number of rotatable bonds is 3. The van der Waals surface area contributed by atoms with Crippen LogP contribution in [0, 0.1) is 30.6 Å². The number of fused-ring (bicyclic) bond motifs is 2. The predicted molar refractivity (Wildman–Crippen MR) is 252 cm³/mol. The molecule has 1 saturated heterocycles. The van der Waals surface area contributed by atoms with Gasteiger partial charge in [0.05, 0.1) is 42.1 Å². The number of amides is 1. The molecule has 2 aromatic carbocycles. The van der Waals surface area contributed by atoms with Crippen LogP contribution in [-0.4, -0.2) is 104 Å². The average molecular weight is 1030 g/mol. The van der Waals surface area contributed by atoms with Crippen LogP contribution in [0.5, 0.6) is 17.2 Å². The maximum absolute atomic E-state index is 14.9. The SMILES string of the molecule is CO[C@H]1/C=C/O[C@@]2(C)Oc3c(C)c(O)c4c(=O)c(c5oc6cc(N7CCC(I)C(F)C7)cc(O)c6nc-5c4c3C2=O)NC(=O)/C(C)=C\C=C\[C@H](C)[C@H](O)[C@@H](C)[C@@H](O)[C@@H](C)[C@H](OC(C)=O)[C@@H]1C. The molecule has 354 valence electrons. The van der Waals surface area contributed by atoms with Crippen molar-refractivity contribution < 1.29 is 62.6 Å². The molecule has 0 saturated carbocycles. The molecule has 7 rings (SSSR count). The first kappa shape index (κ1) is 48.6. The Hall–Kier alpha value is -5.31. The number of ether oxygens (including phenoxy) is 4. The van der Waals surface area contributed by atoms with E-state index < -0.39 is 100.0 Å². The monoisotopic (exact) mass is 1030 g/mol. The van der Waals surface area contributed by atoms with E-state index in [1.165, 1.54) is 65.4 Å². The second-order valence-electron chi connectivity index (χ2n) is 17.8. The van der Waals surface area contributed by atoms with E-state index in [-0.39, 0.29) is 66.6 Å². The lowest BCUT2D eigenvalue weighted by Gasteiger charge is -2.38. The number of aliphatic hydroxyl groups excluding tert-OH is 2. The molecule has 0 radical (unpaired) electrons. The maximum Gasteiger partial charge on any atom is 0.312 e. The molecule has 66 heavy (non-hydrogen) atoms. The van der Waals surface area contributed by atoms with Crippen molar-refractivity contribution in [1.29, 1.82) is 0 Å². The lowest BCUT2D eigenvalue weighted by molar-refractivity contribution is -0.160. The highest BCUT2D eigenvalue weighted by Gasteiger charge is 2.50. The normalized spacial score (nSPS) is 31.9. The molecule has 2 aromatic rings. The number of phenols is 2. The average Bonchev–Trinajstić information content (AvgIpc) is 3.54. The number of carbonyl (C=O) groups excluding carboxylic acids is 3. The highest BCUT2D eigenvalue weighted by atomic mass is 127. The van der Waals surface area contributed by atoms with E-state index in [9.17, 15) is 44.0 Å². The van der Waals surface area contributed by atoms with Gasteiger partial charge in [-0.2, -0.15) is 0 Å². The van der Waals surface area contributed by atoms with Crippen LogP contribution in [0.3, 0.4) is 0 Å². The van der Waals surface area contributed by atoms with Crippen LogP contribution in [0.15, 0.2) is 57.5 Å². The molecule has 18 heteroatoms. The number of aromatic hydroxyl groups is 2. The number of phenolic OH excluding ortho intramolecular Hbond substituents is 2. The first-order valence-electron chi connectivity index (χ1n) is 21.8. The Morgan fingerprint density at radius 2 is 1.74 bits per heavy atom. The lowest BCUT2D eigenvalue weighted by atomic mass is 9.78. The summed E-state index contributed by atoms with van der Waals surface area (Å²) in [5.74, 6) is -8.25. The smallest absolute Gasteiger partial charge is 0.312 e. The van der Waals surface area contributed by atoms with Gasteiger partial charge in [0.1, 0.15) is 46.4 Å². The Bertz CT molecular complexity index is 2720. The van der Waals surface area contributed by atoms with Crippen molar-refractivity contribution in [3.05, 3.63) is 69.6 Å². The van der Waals surface area contributed by atoms with Gasteiger partial charge in [-0.15, -0.1) is 0 Å². The van der Waals surface area contributed by atoms with E-state index in [2.05, 4.69) is 27.9 Å². The summed E-state index contributed by atoms with van der Waals surface area (Å²) in [6.45, 7) is 12.9. The number of piperidine rings is 1. The number of ketones is 1. The van der Waals surface area contributed by atoms with Crippen molar-refractivity contribution in [2.75, 3.05) is 30.4 Å². The minimum absolute atomic E-state index is 0.0000286. The van der Waals surface area contributed by atoms with Gasteiger partial charge < -0.3 is 54.0 Å². The predicted octanol–water partition coefficient (Wildman–Crippen LogP) is 7.01. The van der Waals surface area contributed by atoms with Gasteiger partial charge in [0, 0.05) is 89.4 Å². The van der Waals surface area contributed by atoms with Crippen LogP contribution in [0.1, 0.15) is 70.8 Å². The number of nitrogens with one attached hydrogen (secondary N) is 1. The van der Waals surface area contributed by atoms with Gasteiger partial charge in [-0.1, -0.05) is 68.5 Å². The fourth-order valence-electron chi connectivity index (χ4n) is 9.17. The zero-order valence-corrected chi connectivity index (χ0v) is 40.2.